The van der Waals surface area contributed by atoms with Crippen LogP contribution in [0, 0.1) is 5.92 Å². The predicted octanol–water partition coefficient (Wildman–Crippen LogP) is -1.98. The number of aromatic nitrogens is 2. The number of carbonyl (C=O) groups excluding carboxylic acids is 3. The Labute approximate surface area is 182 Å². The molecular weight excluding hydrogens is 327 g/mol. The topological polar surface area (TPSA) is 87.5 Å². The first kappa shape index (κ1) is 20.5. The fourth-order valence-electron chi connectivity index (χ4n) is 2.62. The van der Waals surface area contributed by atoms with Crippen molar-refractivity contribution in [1.29, 1.82) is 0 Å². The third kappa shape index (κ3) is 5.79. The van der Waals surface area contributed by atoms with E-state index in [4.69, 9.17) is 0 Å². The van der Waals surface area contributed by atoms with Crippen LogP contribution in [0.15, 0.2) is 6.20 Å². The molecule has 1 aromatic rings. The number of hydrogen-bond acceptors (Lipinski definition) is 6. The summed E-state index contributed by atoms with van der Waals surface area (Å²) in [7, 11) is 2.63. The zero-order chi connectivity index (χ0) is 16.1. The summed E-state index contributed by atoms with van der Waals surface area (Å²) in [4.78, 5) is 34.4. The first-order valence-corrected chi connectivity index (χ1v) is 7.25. The Kier molecular flexibility index (Phi) is 8.63. The standard InChI is InChI=1S/C15H20N2O5.K.3H/c1-21-14(19)5-6-17-9-11-7-10(3-4-12(11)16-17)13(18)8-15(20)22-2;;;;/h9-10H,3-8H2,1-2H3;;;;/q;+1;3*-1/i;;3*1+2. The summed E-state index contributed by atoms with van der Waals surface area (Å²) in [6.07, 6.45) is 3.95. The Morgan fingerprint density at radius 3 is 2.65 bits per heavy atom. The van der Waals surface area contributed by atoms with E-state index < -0.39 is 5.97 Å². The van der Waals surface area contributed by atoms with Gasteiger partial charge in [-0.1, -0.05) is 0 Å². The van der Waals surface area contributed by atoms with Gasteiger partial charge >= 0.3 is 63.3 Å². The van der Waals surface area contributed by atoms with Gasteiger partial charge in [-0.3, -0.25) is 19.1 Å². The number of hydrogen-bond donors (Lipinski definition) is 0. The average Bonchev–Trinajstić information content (AvgIpc) is 2.94. The molecule has 1 unspecified atom stereocenters. The maximum atomic E-state index is 12.0. The Bertz CT molecular complexity index is 598. The molecule has 23 heavy (non-hydrogen) atoms. The zero-order valence-corrected chi connectivity index (χ0v) is 17.0. The SMILES string of the molecule is COC(=O)CCn1cc2c(n1)CCC(C(=O)CC(=O)OC)C2.[3H-].[3H-].[3H-].[K+]. The largest absolute Gasteiger partial charge is 1.00 e. The second-order valence-electron chi connectivity index (χ2n) is 5.35. The van der Waals surface area contributed by atoms with Gasteiger partial charge in [0, 0.05) is 12.1 Å². The van der Waals surface area contributed by atoms with Crippen LogP contribution < -0.4 is 51.4 Å². The molecule has 0 aromatic carbocycles. The molecule has 0 N–H and O–H groups in total. The number of ether oxygens (including phenoxy) is 2. The summed E-state index contributed by atoms with van der Waals surface area (Å²) in [5.74, 6) is -1.02. The molecule has 8 heteroatoms. The van der Waals surface area contributed by atoms with E-state index in [1.54, 1.807) is 4.68 Å². The van der Waals surface area contributed by atoms with Crippen molar-refractivity contribution in [2.24, 2.45) is 5.92 Å². The van der Waals surface area contributed by atoms with E-state index in [2.05, 4.69) is 14.6 Å². The number of methoxy groups -OCH3 is 2. The fourth-order valence-corrected chi connectivity index (χ4v) is 2.62. The number of fused-ring (bicyclic) bond motifs is 1. The molecule has 0 saturated heterocycles. The summed E-state index contributed by atoms with van der Waals surface area (Å²) in [5, 5.41) is 4.43. The molecule has 0 spiro atoms. The summed E-state index contributed by atoms with van der Waals surface area (Å²) < 4.78 is 10.8. The smallest absolute Gasteiger partial charge is 1.00 e. The van der Waals surface area contributed by atoms with Crippen LogP contribution in [-0.4, -0.2) is 41.7 Å². The average molecular weight is 356 g/mol. The number of nitrogens with zero attached hydrogens (tertiary/aromatic N) is 2. The molecule has 7 nitrogen and oxygen atoms in total. The van der Waals surface area contributed by atoms with E-state index in [0.29, 0.717) is 25.8 Å². The molecular formula is C15H23KN2O5-2. The number of rotatable bonds is 6. The first-order valence-electron chi connectivity index (χ1n) is 7.25. The van der Waals surface area contributed by atoms with Gasteiger partial charge in [-0.25, -0.2) is 0 Å². The van der Waals surface area contributed by atoms with Gasteiger partial charge in [-0.2, -0.15) is 5.10 Å². The fraction of sp³-hybridized carbons (Fsp3) is 0.600. The molecule has 1 aromatic heterocycles. The van der Waals surface area contributed by atoms with Gasteiger partial charge in [0.1, 0.15) is 12.2 Å². The van der Waals surface area contributed by atoms with Gasteiger partial charge in [0.05, 0.1) is 32.9 Å². The molecule has 0 saturated carbocycles. The molecule has 0 radical (unpaired) electrons. The van der Waals surface area contributed by atoms with Crippen LogP contribution in [0.4, 0.5) is 0 Å². The maximum Gasteiger partial charge on any atom is 1.00 e. The summed E-state index contributed by atoms with van der Waals surface area (Å²) in [6.45, 7) is 0.459. The van der Waals surface area contributed by atoms with Crippen LogP contribution in [-0.2, 0) is 43.2 Å². The van der Waals surface area contributed by atoms with Gasteiger partial charge in [-0.05, 0) is 24.8 Å². The number of esters is 2. The van der Waals surface area contributed by atoms with Gasteiger partial charge < -0.3 is 13.8 Å². The second-order valence-corrected chi connectivity index (χ2v) is 5.35. The Hall–Kier alpha value is -0.544. The number of ketones is 1. The van der Waals surface area contributed by atoms with Crippen LogP contribution >= 0.6 is 0 Å². The van der Waals surface area contributed by atoms with Crippen molar-refractivity contribution in [1.82, 2.24) is 9.78 Å². The van der Waals surface area contributed by atoms with E-state index in [-0.39, 0.29) is 86.2 Å². The number of carbonyl (C=O) groups is 3. The van der Waals surface area contributed by atoms with Crippen molar-refractivity contribution < 1.29 is 79.5 Å². The molecule has 2 rings (SSSR count). The Morgan fingerprint density at radius 2 is 2.00 bits per heavy atom. The van der Waals surface area contributed by atoms with Crippen LogP contribution in [0.25, 0.3) is 0 Å². The molecule has 1 aliphatic carbocycles. The van der Waals surface area contributed by atoms with Crippen LogP contribution in [0.2, 0.25) is 0 Å². The quantitative estimate of drug-likeness (QED) is 0.334. The first-order chi connectivity index (χ1) is 10.5. The van der Waals surface area contributed by atoms with Crippen LogP contribution in [0.1, 0.15) is 34.8 Å². The Balaban J connectivity index is -0.00000132. The molecule has 0 bridgehead atoms. The van der Waals surface area contributed by atoms with E-state index >= 15 is 0 Å². The van der Waals surface area contributed by atoms with Crippen molar-refractivity contribution >= 4 is 17.7 Å². The molecule has 0 amide bonds. The molecule has 0 fully saturated rings. The minimum absolute atomic E-state index is 0. The van der Waals surface area contributed by atoms with E-state index in [1.807, 2.05) is 6.20 Å². The predicted molar refractivity (Wildman–Crippen MR) is 79.4 cm³/mol. The third-order valence-corrected chi connectivity index (χ3v) is 3.89. The molecule has 1 aliphatic rings. The second kappa shape index (κ2) is 9.68. The van der Waals surface area contributed by atoms with Crippen molar-refractivity contribution in [3.63, 3.8) is 0 Å². The van der Waals surface area contributed by atoms with E-state index in [0.717, 1.165) is 11.3 Å². The van der Waals surface area contributed by atoms with Gasteiger partial charge in [0.25, 0.3) is 0 Å². The summed E-state index contributed by atoms with van der Waals surface area (Å²) in [5.41, 5.74) is 1.98. The van der Waals surface area contributed by atoms with Gasteiger partial charge in [-0.15, -0.1) is 0 Å². The van der Waals surface area contributed by atoms with Crippen molar-refractivity contribution in [3.8, 4) is 0 Å². The molecule has 126 valence electrons. The van der Waals surface area contributed by atoms with E-state index in [9.17, 15) is 14.4 Å². The number of Topliss-reactive ketones (excluding diaryl/α,β-unsaturated/α-hetero) is 1. The Morgan fingerprint density at radius 1 is 1.30 bits per heavy atom. The third-order valence-electron chi connectivity index (χ3n) is 3.89. The monoisotopic (exact) mass is 356 g/mol. The van der Waals surface area contributed by atoms with Gasteiger partial charge in [0.15, 0.2) is 0 Å². The van der Waals surface area contributed by atoms with Crippen molar-refractivity contribution in [2.75, 3.05) is 14.2 Å². The number of aryl methyl sites for hydroxylation is 2. The van der Waals surface area contributed by atoms with Gasteiger partial charge in [0.2, 0.25) is 0 Å². The summed E-state index contributed by atoms with van der Waals surface area (Å²) in [6, 6.07) is 0. The van der Waals surface area contributed by atoms with Crippen molar-refractivity contribution in [3.05, 3.63) is 17.5 Å². The normalized spacial score (nSPS) is 16.0. The minimum atomic E-state index is -0.496. The van der Waals surface area contributed by atoms with E-state index in [1.165, 1.54) is 14.2 Å². The van der Waals surface area contributed by atoms with Crippen LogP contribution in [0.3, 0.4) is 0 Å². The molecule has 1 heterocycles. The minimum Gasteiger partial charge on any atom is -1.00 e. The van der Waals surface area contributed by atoms with Crippen molar-refractivity contribution in [2.45, 2.75) is 38.6 Å². The molecule has 0 aliphatic heterocycles. The zero-order valence-electron chi connectivity index (χ0n) is 16.8. The molecule has 1 atom stereocenters. The van der Waals surface area contributed by atoms with Crippen LogP contribution in [0.5, 0.6) is 0 Å². The summed E-state index contributed by atoms with van der Waals surface area (Å²) >= 11 is 0. The maximum absolute atomic E-state index is 12.0.